The van der Waals surface area contributed by atoms with E-state index in [1.165, 1.54) is 10.8 Å². The second-order valence-electron chi connectivity index (χ2n) is 4.20. The van der Waals surface area contributed by atoms with Crippen molar-refractivity contribution in [2.45, 2.75) is 25.5 Å². The SMILES string of the molecule is Cc1cn(C2C=C(CO)C(O)C2)c(=O)[nH]c1=O. The zero-order chi connectivity index (χ0) is 12.6. The van der Waals surface area contributed by atoms with Crippen LogP contribution in [0.2, 0.25) is 0 Å². The number of aromatic amines is 1. The fraction of sp³-hybridized carbons (Fsp3) is 0.455. The van der Waals surface area contributed by atoms with Crippen molar-refractivity contribution in [3.63, 3.8) is 0 Å². The number of nitrogens with one attached hydrogen (secondary N) is 1. The van der Waals surface area contributed by atoms with Gasteiger partial charge >= 0.3 is 5.69 Å². The van der Waals surface area contributed by atoms with E-state index in [4.69, 9.17) is 5.11 Å². The minimum Gasteiger partial charge on any atom is -0.392 e. The van der Waals surface area contributed by atoms with Gasteiger partial charge in [0.1, 0.15) is 0 Å². The summed E-state index contributed by atoms with van der Waals surface area (Å²) < 4.78 is 1.36. The average molecular weight is 238 g/mol. The van der Waals surface area contributed by atoms with Crippen molar-refractivity contribution in [3.8, 4) is 0 Å². The molecule has 2 rings (SSSR count). The molecular weight excluding hydrogens is 224 g/mol. The summed E-state index contributed by atoms with van der Waals surface area (Å²) in [5.41, 5.74) is 0.0279. The van der Waals surface area contributed by atoms with E-state index < -0.39 is 17.4 Å². The molecule has 0 aromatic carbocycles. The molecule has 0 fully saturated rings. The summed E-state index contributed by atoms with van der Waals surface area (Å²) in [6.45, 7) is 1.38. The van der Waals surface area contributed by atoms with E-state index >= 15 is 0 Å². The molecule has 0 saturated carbocycles. The number of allylic oxidation sites excluding steroid dienone is 1. The van der Waals surface area contributed by atoms with Crippen LogP contribution < -0.4 is 11.2 Å². The molecule has 2 atom stereocenters. The van der Waals surface area contributed by atoms with Crippen LogP contribution >= 0.6 is 0 Å². The lowest BCUT2D eigenvalue weighted by Gasteiger charge is -2.12. The molecule has 0 radical (unpaired) electrons. The van der Waals surface area contributed by atoms with Gasteiger partial charge in [-0.15, -0.1) is 0 Å². The molecule has 0 bridgehead atoms. The summed E-state index contributed by atoms with van der Waals surface area (Å²) in [6.07, 6.45) is 2.73. The van der Waals surface area contributed by atoms with Crippen LogP contribution in [-0.2, 0) is 0 Å². The van der Waals surface area contributed by atoms with Gasteiger partial charge in [0, 0.05) is 18.2 Å². The van der Waals surface area contributed by atoms with Crippen LogP contribution in [0, 0.1) is 6.92 Å². The predicted molar refractivity (Wildman–Crippen MR) is 60.9 cm³/mol. The molecular formula is C11H14N2O4. The van der Waals surface area contributed by atoms with Crippen LogP contribution in [0.25, 0.3) is 0 Å². The second-order valence-corrected chi connectivity index (χ2v) is 4.20. The molecule has 0 saturated heterocycles. The fourth-order valence-electron chi connectivity index (χ4n) is 1.99. The number of aromatic nitrogens is 2. The largest absolute Gasteiger partial charge is 0.392 e. The Bertz CT molecular complexity index is 570. The monoisotopic (exact) mass is 238 g/mol. The molecule has 3 N–H and O–H groups in total. The van der Waals surface area contributed by atoms with Crippen LogP contribution in [0.5, 0.6) is 0 Å². The number of hydrogen-bond donors (Lipinski definition) is 3. The molecule has 1 aliphatic rings. The lowest BCUT2D eigenvalue weighted by Crippen LogP contribution is -2.32. The third-order valence-electron chi connectivity index (χ3n) is 2.98. The first-order valence-corrected chi connectivity index (χ1v) is 5.34. The lowest BCUT2D eigenvalue weighted by molar-refractivity contribution is 0.181. The average Bonchev–Trinajstić information content (AvgIpc) is 2.65. The number of hydrogen-bond acceptors (Lipinski definition) is 4. The lowest BCUT2D eigenvalue weighted by atomic mass is 10.2. The third-order valence-corrected chi connectivity index (χ3v) is 2.98. The first kappa shape index (κ1) is 11.8. The molecule has 1 aromatic rings. The molecule has 17 heavy (non-hydrogen) atoms. The number of aliphatic hydroxyl groups is 2. The van der Waals surface area contributed by atoms with Crippen LogP contribution in [0.4, 0.5) is 0 Å². The van der Waals surface area contributed by atoms with Gasteiger partial charge in [-0.2, -0.15) is 0 Å². The molecule has 1 aromatic heterocycles. The standard InChI is InChI=1S/C11H14N2O4/c1-6-4-13(11(17)12-10(6)16)8-2-7(5-14)9(15)3-8/h2,4,8-9,14-15H,3,5H2,1H3,(H,12,16,17). The number of nitrogens with zero attached hydrogens (tertiary/aromatic N) is 1. The topological polar surface area (TPSA) is 95.3 Å². The van der Waals surface area contributed by atoms with Gasteiger partial charge in [0.05, 0.1) is 18.8 Å². The minimum atomic E-state index is -0.732. The fourth-order valence-corrected chi connectivity index (χ4v) is 1.99. The number of aryl methyl sites for hydroxylation is 1. The molecule has 2 unspecified atom stereocenters. The Kier molecular flexibility index (Phi) is 2.99. The normalized spacial score (nSPS) is 23.8. The summed E-state index contributed by atoms with van der Waals surface area (Å²) in [5, 5.41) is 18.6. The summed E-state index contributed by atoms with van der Waals surface area (Å²) >= 11 is 0. The third kappa shape index (κ3) is 2.09. The summed E-state index contributed by atoms with van der Waals surface area (Å²) in [4.78, 5) is 25.0. The number of rotatable bonds is 2. The highest BCUT2D eigenvalue weighted by Crippen LogP contribution is 2.27. The smallest absolute Gasteiger partial charge is 0.328 e. The highest BCUT2D eigenvalue weighted by atomic mass is 16.3. The van der Waals surface area contributed by atoms with Crippen molar-refractivity contribution < 1.29 is 10.2 Å². The van der Waals surface area contributed by atoms with E-state index in [1.807, 2.05) is 0 Å². The molecule has 6 nitrogen and oxygen atoms in total. The van der Waals surface area contributed by atoms with E-state index in [0.717, 1.165) is 0 Å². The Balaban J connectivity index is 2.44. The molecule has 0 amide bonds. The summed E-state index contributed by atoms with van der Waals surface area (Å²) in [5.74, 6) is 0. The van der Waals surface area contributed by atoms with Crippen molar-refractivity contribution in [1.82, 2.24) is 9.55 Å². The maximum atomic E-state index is 11.6. The van der Waals surface area contributed by atoms with Gasteiger partial charge in [0.2, 0.25) is 0 Å². The van der Waals surface area contributed by atoms with E-state index in [9.17, 15) is 14.7 Å². The predicted octanol–water partition coefficient (Wildman–Crippen LogP) is -0.931. The first-order chi connectivity index (χ1) is 8.02. The minimum absolute atomic E-state index is 0.227. The first-order valence-electron chi connectivity index (χ1n) is 5.34. The molecule has 0 aliphatic heterocycles. The molecule has 1 heterocycles. The zero-order valence-corrected chi connectivity index (χ0v) is 9.38. The van der Waals surface area contributed by atoms with Gasteiger partial charge in [-0.05, 0) is 12.5 Å². The highest BCUT2D eigenvalue weighted by Gasteiger charge is 2.25. The van der Waals surface area contributed by atoms with Crippen LogP contribution in [-0.4, -0.2) is 32.5 Å². The Morgan fingerprint density at radius 1 is 1.53 bits per heavy atom. The summed E-state index contributed by atoms with van der Waals surface area (Å²) in [7, 11) is 0. The second kappa shape index (κ2) is 4.31. The number of aliphatic hydroxyl groups excluding tert-OH is 2. The molecule has 6 heteroatoms. The van der Waals surface area contributed by atoms with Crippen molar-refractivity contribution >= 4 is 0 Å². The van der Waals surface area contributed by atoms with Gasteiger partial charge in [0.25, 0.3) is 5.56 Å². The van der Waals surface area contributed by atoms with Crippen molar-refractivity contribution in [2.75, 3.05) is 6.61 Å². The van der Waals surface area contributed by atoms with Gasteiger partial charge < -0.3 is 10.2 Å². The maximum absolute atomic E-state index is 11.6. The van der Waals surface area contributed by atoms with Crippen LogP contribution in [0.15, 0.2) is 27.4 Å². The van der Waals surface area contributed by atoms with Gasteiger partial charge in [-0.25, -0.2) is 4.79 Å². The van der Waals surface area contributed by atoms with Crippen molar-refractivity contribution in [1.29, 1.82) is 0 Å². The zero-order valence-electron chi connectivity index (χ0n) is 9.38. The van der Waals surface area contributed by atoms with Crippen LogP contribution in [0.3, 0.4) is 0 Å². The van der Waals surface area contributed by atoms with Gasteiger partial charge in [-0.1, -0.05) is 6.08 Å². The van der Waals surface area contributed by atoms with E-state index in [0.29, 0.717) is 17.6 Å². The summed E-state index contributed by atoms with van der Waals surface area (Å²) in [6, 6.07) is -0.324. The quantitative estimate of drug-likeness (QED) is 0.580. The molecule has 92 valence electrons. The van der Waals surface area contributed by atoms with Gasteiger partial charge in [-0.3, -0.25) is 14.3 Å². The Hall–Kier alpha value is -1.66. The Morgan fingerprint density at radius 3 is 2.82 bits per heavy atom. The molecule has 1 aliphatic carbocycles. The Morgan fingerprint density at radius 2 is 2.24 bits per heavy atom. The highest BCUT2D eigenvalue weighted by molar-refractivity contribution is 5.19. The number of H-pyrrole nitrogens is 1. The molecule has 0 spiro atoms. The van der Waals surface area contributed by atoms with Crippen LogP contribution in [0.1, 0.15) is 18.0 Å². The van der Waals surface area contributed by atoms with Crippen molar-refractivity contribution in [3.05, 3.63) is 44.2 Å². The Labute approximate surface area is 96.9 Å². The van der Waals surface area contributed by atoms with Crippen molar-refractivity contribution in [2.24, 2.45) is 0 Å². The van der Waals surface area contributed by atoms with Gasteiger partial charge in [0.15, 0.2) is 0 Å². The maximum Gasteiger partial charge on any atom is 0.328 e. The van der Waals surface area contributed by atoms with E-state index in [2.05, 4.69) is 4.98 Å². The van der Waals surface area contributed by atoms with E-state index in [-0.39, 0.29) is 12.6 Å². The van der Waals surface area contributed by atoms with E-state index in [1.54, 1.807) is 13.0 Å².